The summed E-state index contributed by atoms with van der Waals surface area (Å²) >= 11 is 0. The average Bonchev–Trinajstić information content (AvgIpc) is 2.48. The Balaban J connectivity index is 0.00000180. The zero-order valence-electron chi connectivity index (χ0n) is 12.3. The van der Waals surface area contributed by atoms with Crippen molar-refractivity contribution in [1.29, 1.82) is 0 Å². The lowest BCUT2D eigenvalue weighted by Crippen LogP contribution is -2.51. The van der Waals surface area contributed by atoms with E-state index in [4.69, 9.17) is 10.5 Å². The number of hydrogen-bond donors (Lipinski definition) is 2. The summed E-state index contributed by atoms with van der Waals surface area (Å²) in [7, 11) is 0. The van der Waals surface area contributed by atoms with Crippen molar-refractivity contribution in [2.75, 3.05) is 6.54 Å². The van der Waals surface area contributed by atoms with Crippen LogP contribution in [-0.2, 0) is 4.74 Å². The molecule has 0 heterocycles. The number of ether oxygens (including phenoxy) is 1. The van der Waals surface area contributed by atoms with E-state index in [1.807, 2.05) is 20.8 Å². The van der Waals surface area contributed by atoms with Crippen LogP contribution in [0.4, 0.5) is 4.79 Å². The van der Waals surface area contributed by atoms with Crippen LogP contribution in [0.2, 0.25) is 0 Å². The monoisotopic (exact) mass is 290 g/mol. The Labute approximate surface area is 122 Å². The molecule has 2 rings (SSSR count). The number of nitrogens with one attached hydrogen (secondary N) is 1. The van der Waals surface area contributed by atoms with Crippen LogP contribution in [0.15, 0.2) is 0 Å². The fourth-order valence-electron chi connectivity index (χ4n) is 3.59. The molecule has 19 heavy (non-hydrogen) atoms. The molecule has 3 N–H and O–H groups in total. The van der Waals surface area contributed by atoms with Crippen molar-refractivity contribution in [2.24, 2.45) is 11.1 Å². The van der Waals surface area contributed by atoms with Gasteiger partial charge in [0.05, 0.1) is 0 Å². The Bertz CT molecular complexity index is 343. The standard InChI is InChI=1S/C14H26N2O2.ClH/c1-12(2,3)18-11(17)16-14-6-4-5-13(9-14,10-15)7-8-14;/h4-10,15H2,1-3H3,(H,16,17);1H. The van der Waals surface area contributed by atoms with Crippen molar-refractivity contribution in [1.82, 2.24) is 5.32 Å². The molecule has 0 aromatic carbocycles. The minimum Gasteiger partial charge on any atom is -0.444 e. The van der Waals surface area contributed by atoms with E-state index in [0.717, 1.165) is 38.6 Å². The second kappa shape index (κ2) is 5.49. The number of halogens is 1. The molecule has 2 bridgehead atoms. The molecule has 2 atom stereocenters. The Kier molecular flexibility index (Phi) is 4.79. The van der Waals surface area contributed by atoms with Gasteiger partial charge in [-0.05, 0) is 64.8 Å². The molecule has 2 unspecified atom stereocenters. The van der Waals surface area contributed by atoms with Gasteiger partial charge in [-0.1, -0.05) is 6.42 Å². The predicted molar refractivity (Wildman–Crippen MR) is 78.5 cm³/mol. The van der Waals surface area contributed by atoms with E-state index in [-0.39, 0.29) is 29.5 Å². The lowest BCUT2D eigenvalue weighted by molar-refractivity contribution is 0.0419. The van der Waals surface area contributed by atoms with Crippen LogP contribution in [0.3, 0.4) is 0 Å². The first-order valence-electron chi connectivity index (χ1n) is 7.00. The molecule has 0 saturated heterocycles. The maximum absolute atomic E-state index is 11.9. The first-order chi connectivity index (χ1) is 8.28. The second-order valence-corrected chi connectivity index (χ2v) is 7.14. The van der Waals surface area contributed by atoms with Crippen LogP contribution in [-0.4, -0.2) is 23.8 Å². The van der Waals surface area contributed by atoms with Gasteiger partial charge in [-0.15, -0.1) is 12.4 Å². The van der Waals surface area contributed by atoms with Gasteiger partial charge in [0.1, 0.15) is 5.60 Å². The molecule has 0 radical (unpaired) electrons. The molecule has 0 aliphatic heterocycles. The Morgan fingerprint density at radius 1 is 1.26 bits per heavy atom. The molecule has 112 valence electrons. The molecule has 5 heteroatoms. The van der Waals surface area contributed by atoms with E-state index in [1.165, 1.54) is 6.42 Å². The van der Waals surface area contributed by atoms with Crippen molar-refractivity contribution < 1.29 is 9.53 Å². The molecule has 4 nitrogen and oxygen atoms in total. The molecule has 1 amide bonds. The summed E-state index contributed by atoms with van der Waals surface area (Å²) < 4.78 is 5.37. The molecule has 2 aliphatic rings. The summed E-state index contributed by atoms with van der Waals surface area (Å²) in [5.41, 5.74) is 5.71. The SMILES string of the molecule is CC(C)(C)OC(=O)NC12CCCC(CN)(CC1)C2.Cl. The zero-order valence-corrected chi connectivity index (χ0v) is 13.1. The smallest absolute Gasteiger partial charge is 0.408 e. The summed E-state index contributed by atoms with van der Waals surface area (Å²) in [6, 6.07) is 0. The molecule has 0 spiro atoms. The summed E-state index contributed by atoms with van der Waals surface area (Å²) in [6.07, 6.45) is 6.36. The largest absolute Gasteiger partial charge is 0.444 e. The fraction of sp³-hybridized carbons (Fsp3) is 0.929. The van der Waals surface area contributed by atoms with Gasteiger partial charge in [-0.2, -0.15) is 0 Å². The number of amides is 1. The highest BCUT2D eigenvalue weighted by atomic mass is 35.5. The lowest BCUT2D eigenvalue weighted by Gasteiger charge is -2.39. The Hall–Kier alpha value is -0.480. The predicted octanol–water partition coefficient (Wildman–Crippen LogP) is 2.98. The van der Waals surface area contributed by atoms with E-state index in [1.54, 1.807) is 0 Å². The number of carbonyl (C=O) groups excluding carboxylic acids is 1. The van der Waals surface area contributed by atoms with Crippen molar-refractivity contribution in [3.63, 3.8) is 0 Å². The van der Waals surface area contributed by atoms with Gasteiger partial charge in [-0.25, -0.2) is 4.79 Å². The zero-order chi connectivity index (χ0) is 13.4. The third-order valence-electron chi connectivity index (χ3n) is 4.41. The lowest BCUT2D eigenvalue weighted by atomic mass is 9.73. The third-order valence-corrected chi connectivity index (χ3v) is 4.41. The van der Waals surface area contributed by atoms with Gasteiger partial charge < -0.3 is 15.8 Å². The molecule has 2 saturated carbocycles. The summed E-state index contributed by atoms with van der Waals surface area (Å²) in [4.78, 5) is 11.9. The number of alkyl carbamates (subject to hydrolysis) is 1. The van der Waals surface area contributed by atoms with E-state index in [9.17, 15) is 4.79 Å². The van der Waals surface area contributed by atoms with E-state index < -0.39 is 5.60 Å². The van der Waals surface area contributed by atoms with Crippen LogP contribution >= 0.6 is 12.4 Å². The first-order valence-corrected chi connectivity index (χ1v) is 7.00. The topological polar surface area (TPSA) is 64.3 Å². The van der Waals surface area contributed by atoms with Crippen molar-refractivity contribution in [3.8, 4) is 0 Å². The average molecular weight is 291 g/mol. The molecule has 0 aromatic rings. The van der Waals surface area contributed by atoms with Gasteiger partial charge in [0.15, 0.2) is 0 Å². The highest BCUT2D eigenvalue weighted by molar-refractivity contribution is 5.85. The van der Waals surface area contributed by atoms with Gasteiger partial charge in [0.2, 0.25) is 0 Å². The van der Waals surface area contributed by atoms with Crippen LogP contribution in [0, 0.1) is 5.41 Å². The van der Waals surface area contributed by atoms with E-state index in [2.05, 4.69) is 5.32 Å². The van der Waals surface area contributed by atoms with E-state index >= 15 is 0 Å². The van der Waals surface area contributed by atoms with Crippen LogP contribution in [0.1, 0.15) is 59.3 Å². The molecule has 2 fully saturated rings. The third kappa shape index (κ3) is 3.76. The highest BCUT2D eigenvalue weighted by Crippen LogP contribution is 2.53. The van der Waals surface area contributed by atoms with E-state index in [0.29, 0.717) is 0 Å². The molecular weight excluding hydrogens is 264 g/mol. The van der Waals surface area contributed by atoms with Crippen LogP contribution < -0.4 is 11.1 Å². The number of fused-ring (bicyclic) bond motifs is 2. The van der Waals surface area contributed by atoms with Crippen LogP contribution in [0.5, 0.6) is 0 Å². The minimum absolute atomic E-state index is 0. The minimum atomic E-state index is -0.432. The maximum Gasteiger partial charge on any atom is 0.408 e. The van der Waals surface area contributed by atoms with Gasteiger partial charge >= 0.3 is 6.09 Å². The number of nitrogens with two attached hydrogens (primary N) is 1. The maximum atomic E-state index is 11.9. The first kappa shape index (κ1) is 16.6. The Morgan fingerprint density at radius 3 is 2.53 bits per heavy atom. The van der Waals surface area contributed by atoms with Gasteiger partial charge in [0.25, 0.3) is 0 Å². The molecule has 0 aromatic heterocycles. The summed E-state index contributed by atoms with van der Waals surface area (Å²) in [5, 5.41) is 3.12. The van der Waals surface area contributed by atoms with Gasteiger partial charge in [-0.3, -0.25) is 0 Å². The van der Waals surface area contributed by atoms with Crippen molar-refractivity contribution >= 4 is 18.5 Å². The summed E-state index contributed by atoms with van der Waals surface area (Å²) in [5.74, 6) is 0. The Morgan fingerprint density at radius 2 is 1.95 bits per heavy atom. The van der Waals surface area contributed by atoms with Gasteiger partial charge in [0, 0.05) is 5.54 Å². The normalized spacial score (nSPS) is 33.5. The number of hydrogen-bond acceptors (Lipinski definition) is 3. The van der Waals surface area contributed by atoms with Crippen LogP contribution in [0.25, 0.3) is 0 Å². The summed E-state index contributed by atoms with van der Waals surface area (Å²) in [6.45, 7) is 6.42. The van der Waals surface area contributed by atoms with Crippen molar-refractivity contribution in [2.45, 2.75) is 70.4 Å². The number of carbonyl (C=O) groups is 1. The molecule has 2 aliphatic carbocycles. The fourth-order valence-corrected chi connectivity index (χ4v) is 3.59. The molecular formula is C14H27ClN2O2. The number of rotatable bonds is 2. The quantitative estimate of drug-likeness (QED) is 0.822. The van der Waals surface area contributed by atoms with Crippen molar-refractivity contribution in [3.05, 3.63) is 0 Å². The highest BCUT2D eigenvalue weighted by Gasteiger charge is 2.51. The second-order valence-electron chi connectivity index (χ2n) is 7.14.